The third-order valence-electron chi connectivity index (χ3n) is 3.64. The van der Waals surface area contributed by atoms with Gasteiger partial charge in [0.25, 0.3) is 5.91 Å². The predicted octanol–water partition coefficient (Wildman–Crippen LogP) is 1.42. The van der Waals surface area contributed by atoms with Gasteiger partial charge in [-0.2, -0.15) is 0 Å². The normalized spacial score (nSPS) is 18.8. The summed E-state index contributed by atoms with van der Waals surface area (Å²) in [5.41, 5.74) is -1.90. The lowest BCUT2D eigenvalue weighted by Gasteiger charge is -2.22. The van der Waals surface area contributed by atoms with Crippen LogP contribution in [-0.2, 0) is 4.79 Å². The molecule has 1 aliphatic rings. The van der Waals surface area contributed by atoms with Crippen molar-refractivity contribution in [3.05, 3.63) is 35.4 Å². The molecule has 0 heterocycles. The van der Waals surface area contributed by atoms with Crippen LogP contribution in [0.5, 0.6) is 0 Å². The zero-order chi connectivity index (χ0) is 14.8. The maximum atomic E-state index is 13.4. The molecule has 110 valence electrons. The highest BCUT2D eigenvalue weighted by molar-refractivity contribution is 5.85. The van der Waals surface area contributed by atoms with Crippen LogP contribution in [0, 0.1) is 11.6 Å². The molecule has 4 nitrogen and oxygen atoms in total. The first-order chi connectivity index (χ1) is 9.44. The molecule has 0 saturated heterocycles. The van der Waals surface area contributed by atoms with Crippen molar-refractivity contribution < 1.29 is 23.8 Å². The van der Waals surface area contributed by atoms with E-state index in [1.807, 2.05) is 0 Å². The SMILES string of the molecule is O=C(NCC(O)c1c(F)cccc1F)C1(O)CCCC1. The molecule has 2 rings (SSSR count). The molecule has 0 bridgehead atoms. The van der Waals surface area contributed by atoms with Crippen molar-refractivity contribution in [2.75, 3.05) is 6.54 Å². The van der Waals surface area contributed by atoms with E-state index in [9.17, 15) is 23.8 Å². The third kappa shape index (κ3) is 2.96. The van der Waals surface area contributed by atoms with Crippen molar-refractivity contribution in [1.29, 1.82) is 0 Å². The number of carbonyl (C=O) groups is 1. The van der Waals surface area contributed by atoms with E-state index in [1.165, 1.54) is 6.07 Å². The largest absolute Gasteiger partial charge is 0.386 e. The van der Waals surface area contributed by atoms with E-state index in [-0.39, 0.29) is 6.54 Å². The number of rotatable bonds is 4. The van der Waals surface area contributed by atoms with Crippen LogP contribution in [0.4, 0.5) is 8.78 Å². The lowest BCUT2D eigenvalue weighted by Crippen LogP contribution is -2.46. The van der Waals surface area contributed by atoms with Gasteiger partial charge in [0, 0.05) is 6.54 Å². The number of hydrogen-bond acceptors (Lipinski definition) is 3. The third-order valence-corrected chi connectivity index (χ3v) is 3.64. The van der Waals surface area contributed by atoms with E-state index in [1.54, 1.807) is 0 Å². The molecule has 3 N–H and O–H groups in total. The van der Waals surface area contributed by atoms with Crippen molar-refractivity contribution in [2.45, 2.75) is 37.4 Å². The molecule has 1 fully saturated rings. The molecule has 1 aliphatic carbocycles. The molecule has 1 aromatic rings. The second kappa shape index (κ2) is 5.85. The molecule has 1 aromatic carbocycles. The van der Waals surface area contributed by atoms with Crippen LogP contribution in [0.1, 0.15) is 37.4 Å². The Kier molecular flexibility index (Phi) is 4.35. The lowest BCUT2D eigenvalue weighted by atomic mass is 10.0. The van der Waals surface area contributed by atoms with E-state index < -0.39 is 34.8 Å². The molecule has 1 amide bonds. The number of benzene rings is 1. The minimum absolute atomic E-state index is 0.348. The topological polar surface area (TPSA) is 69.6 Å². The Bertz CT molecular complexity index is 481. The van der Waals surface area contributed by atoms with Crippen LogP contribution in [-0.4, -0.2) is 28.3 Å². The van der Waals surface area contributed by atoms with Crippen LogP contribution in [0.2, 0.25) is 0 Å². The summed E-state index contributed by atoms with van der Waals surface area (Å²) in [5, 5.41) is 22.1. The number of aliphatic hydroxyl groups is 2. The minimum Gasteiger partial charge on any atom is -0.386 e. The summed E-state index contributed by atoms with van der Waals surface area (Å²) < 4.78 is 26.9. The summed E-state index contributed by atoms with van der Waals surface area (Å²) in [6, 6.07) is 3.27. The van der Waals surface area contributed by atoms with Gasteiger partial charge in [0.2, 0.25) is 0 Å². The highest BCUT2D eigenvalue weighted by Gasteiger charge is 2.38. The molecule has 6 heteroatoms. The number of carbonyl (C=O) groups excluding carboxylic acids is 1. The second-order valence-electron chi connectivity index (χ2n) is 5.10. The van der Waals surface area contributed by atoms with Gasteiger partial charge in [-0.3, -0.25) is 4.79 Å². The highest BCUT2D eigenvalue weighted by atomic mass is 19.1. The molecule has 0 radical (unpaired) electrons. The zero-order valence-electron chi connectivity index (χ0n) is 10.9. The lowest BCUT2D eigenvalue weighted by molar-refractivity contribution is -0.139. The molecule has 0 aromatic heterocycles. The quantitative estimate of drug-likeness (QED) is 0.783. The Morgan fingerprint density at radius 1 is 1.30 bits per heavy atom. The molecule has 1 saturated carbocycles. The summed E-state index contributed by atoms with van der Waals surface area (Å²) in [5.74, 6) is -2.34. The summed E-state index contributed by atoms with van der Waals surface area (Å²) in [7, 11) is 0. The molecule has 20 heavy (non-hydrogen) atoms. The number of amides is 1. The number of nitrogens with one attached hydrogen (secondary N) is 1. The van der Waals surface area contributed by atoms with Crippen LogP contribution in [0.3, 0.4) is 0 Å². The van der Waals surface area contributed by atoms with E-state index in [2.05, 4.69) is 5.32 Å². The van der Waals surface area contributed by atoms with E-state index in [4.69, 9.17) is 0 Å². The van der Waals surface area contributed by atoms with Crippen molar-refractivity contribution in [3.63, 3.8) is 0 Å². The van der Waals surface area contributed by atoms with Crippen molar-refractivity contribution in [1.82, 2.24) is 5.32 Å². The van der Waals surface area contributed by atoms with Crippen LogP contribution < -0.4 is 5.32 Å². The fraction of sp³-hybridized carbons (Fsp3) is 0.500. The Morgan fingerprint density at radius 3 is 2.40 bits per heavy atom. The smallest absolute Gasteiger partial charge is 0.252 e. The zero-order valence-corrected chi connectivity index (χ0v) is 10.9. The molecule has 0 aliphatic heterocycles. The van der Waals surface area contributed by atoms with Crippen molar-refractivity contribution in [2.24, 2.45) is 0 Å². The first kappa shape index (κ1) is 14.9. The second-order valence-corrected chi connectivity index (χ2v) is 5.10. The average Bonchev–Trinajstić information content (AvgIpc) is 2.84. The first-order valence-corrected chi connectivity index (χ1v) is 6.57. The highest BCUT2D eigenvalue weighted by Crippen LogP contribution is 2.29. The Labute approximate surface area is 115 Å². The molecule has 0 spiro atoms. The standard InChI is InChI=1S/C14H17F2NO3/c15-9-4-3-5-10(16)12(9)11(18)8-17-13(19)14(20)6-1-2-7-14/h3-5,11,18,20H,1-2,6-8H2,(H,17,19). The van der Waals surface area contributed by atoms with Gasteiger partial charge in [-0.1, -0.05) is 6.07 Å². The Balaban J connectivity index is 1.98. The van der Waals surface area contributed by atoms with Crippen LogP contribution in [0.25, 0.3) is 0 Å². The van der Waals surface area contributed by atoms with Crippen LogP contribution >= 0.6 is 0 Å². The van der Waals surface area contributed by atoms with E-state index in [0.717, 1.165) is 25.0 Å². The Morgan fingerprint density at radius 2 is 1.85 bits per heavy atom. The van der Waals surface area contributed by atoms with E-state index in [0.29, 0.717) is 12.8 Å². The fourth-order valence-corrected chi connectivity index (χ4v) is 2.47. The summed E-state index contributed by atoms with van der Waals surface area (Å²) in [4.78, 5) is 11.8. The van der Waals surface area contributed by atoms with Crippen molar-refractivity contribution >= 4 is 5.91 Å². The molecule has 1 unspecified atom stereocenters. The van der Waals surface area contributed by atoms with Gasteiger partial charge in [-0.15, -0.1) is 0 Å². The van der Waals surface area contributed by atoms with Gasteiger partial charge in [-0.05, 0) is 37.8 Å². The first-order valence-electron chi connectivity index (χ1n) is 6.57. The number of halogens is 2. The van der Waals surface area contributed by atoms with Gasteiger partial charge in [0.1, 0.15) is 23.3 Å². The van der Waals surface area contributed by atoms with Gasteiger partial charge in [-0.25, -0.2) is 8.78 Å². The maximum Gasteiger partial charge on any atom is 0.252 e. The number of aliphatic hydroxyl groups excluding tert-OH is 1. The number of hydrogen-bond donors (Lipinski definition) is 3. The summed E-state index contributed by atoms with van der Waals surface area (Å²) in [6.07, 6.45) is 0.750. The van der Waals surface area contributed by atoms with Gasteiger partial charge >= 0.3 is 0 Å². The fourth-order valence-electron chi connectivity index (χ4n) is 2.47. The average molecular weight is 285 g/mol. The Hall–Kier alpha value is -1.53. The van der Waals surface area contributed by atoms with Crippen molar-refractivity contribution in [3.8, 4) is 0 Å². The maximum absolute atomic E-state index is 13.4. The van der Waals surface area contributed by atoms with Crippen LogP contribution in [0.15, 0.2) is 18.2 Å². The molecular formula is C14H17F2NO3. The molecule has 1 atom stereocenters. The summed E-state index contributed by atoms with van der Waals surface area (Å²) >= 11 is 0. The predicted molar refractivity (Wildman–Crippen MR) is 67.7 cm³/mol. The molecular weight excluding hydrogens is 268 g/mol. The van der Waals surface area contributed by atoms with E-state index >= 15 is 0 Å². The van der Waals surface area contributed by atoms with Gasteiger partial charge < -0.3 is 15.5 Å². The minimum atomic E-state index is -1.50. The summed E-state index contributed by atoms with van der Waals surface area (Å²) in [6.45, 7) is -0.348. The van der Waals surface area contributed by atoms with Gasteiger partial charge in [0.15, 0.2) is 0 Å². The van der Waals surface area contributed by atoms with Gasteiger partial charge in [0.05, 0.1) is 5.56 Å². The monoisotopic (exact) mass is 285 g/mol.